The maximum atomic E-state index is 14.0. The highest BCUT2D eigenvalue weighted by atomic mass is 35.5. The predicted octanol–water partition coefficient (Wildman–Crippen LogP) is 5.83. The summed E-state index contributed by atoms with van der Waals surface area (Å²) in [7, 11) is 1.58. The predicted molar refractivity (Wildman–Crippen MR) is 185 cm³/mol. The zero-order chi connectivity index (χ0) is 34.3. The quantitative estimate of drug-likeness (QED) is 0.233. The topological polar surface area (TPSA) is 139 Å². The standard InChI is InChI=1S/C34H39ClN6O6S/c1-19-37-27-13-24(30-36-15-29(48-30)28(42)17-39(5)32(44)47-34(2,3)4)26(38-22-10-11-40-23(12-22)18-46-33(40)45)14-25(27)31(43)41(19)16-20-6-8-21(35)9-7-20/h6-9,13-15,22-23,28,38,42H,10-12,16-18H2,1-5H3/t22-,23-,28?/m0/s1. The van der Waals surface area contributed by atoms with Crippen molar-refractivity contribution in [3.63, 3.8) is 0 Å². The zero-order valence-corrected chi connectivity index (χ0v) is 29.1. The van der Waals surface area contributed by atoms with Gasteiger partial charge in [0.2, 0.25) is 0 Å². The van der Waals surface area contributed by atoms with E-state index in [0.717, 1.165) is 11.1 Å². The van der Waals surface area contributed by atoms with Gasteiger partial charge in [-0.2, -0.15) is 0 Å². The molecule has 2 saturated heterocycles. The molecule has 2 aliphatic rings. The highest BCUT2D eigenvalue weighted by molar-refractivity contribution is 7.15. The summed E-state index contributed by atoms with van der Waals surface area (Å²) in [4.78, 5) is 51.7. The van der Waals surface area contributed by atoms with Crippen molar-refractivity contribution in [2.45, 2.75) is 70.9 Å². The molecule has 0 saturated carbocycles. The van der Waals surface area contributed by atoms with Gasteiger partial charge in [-0.05, 0) is 70.4 Å². The molecule has 2 fully saturated rings. The third-order valence-corrected chi connectivity index (χ3v) is 9.87. The number of amides is 2. The number of nitrogens with one attached hydrogen (secondary N) is 1. The number of aromatic nitrogens is 3. The second-order valence-corrected chi connectivity index (χ2v) is 14.8. The first kappa shape index (κ1) is 33.7. The fraction of sp³-hybridized carbons (Fsp3) is 0.441. The Kier molecular flexibility index (Phi) is 9.38. The molecule has 4 heterocycles. The summed E-state index contributed by atoms with van der Waals surface area (Å²) >= 11 is 7.38. The van der Waals surface area contributed by atoms with Crippen molar-refractivity contribution in [2.75, 3.05) is 32.1 Å². The van der Waals surface area contributed by atoms with Crippen LogP contribution in [0.15, 0.2) is 47.4 Å². The van der Waals surface area contributed by atoms with Crippen LogP contribution in [0.5, 0.6) is 0 Å². The molecular formula is C34H39ClN6O6S. The number of carbonyl (C=O) groups is 2. The number of hydrogen-bond acceptors (Lipinski definition) is 10. The summed E-state index contributed by atoms with van der Waals surface area (Å²) in [6.07, 6.45) is 1.19. The van der Waals surface area contributed by atoms with Gasteiger partial charge in [0.25, 0.3) is 5.56 Å². The molecule has 0 bridgehead atoms. The number of carbonyl (C=O) groups excluding carboxylic acids is 2. The summed E-state index contributed by atoms with van der Waals surface area (Å²) in [5, 5.41) is 16.4. The minimum absolute atomic E-state index is 0.0131. The molecule has 6 rings (SSSR count). The van der Waals surface area contributed by atoms with Gasteiger partial charge in [-0.3, -0.25) is 9.36 Å². The van der Waals surface area contributed by atoms with E-state index >= 15 is 0 Å². The maximum Gasteiger partial charge on any atom is 0.410 e. The molecule has 0 spiro atoms. The van der Waals surface area contributed by atoms with Gasteiger partial charge < -0.3 is 29.7 Å². The Bertz CT molecular complexity index is 1910. The lowest BCUT2D eigenvalue weighted by atomic mass is 9.97. The van der Waals surface area contributed by atoms with Gasteiger partial charge in [0.05, 0.1) is 34.9 Å². The van der Waals surface area contributed by atoms with Gasteiger partial charge in [-0.1, -0.05) is 23.7 Å². The van der Waals surface area contributed by atoms with E-state index in [1.165, 1.54) is 16.2 Å². The highest BCUT2D eigenvalue weighted by Gasteiger charge is 2.38. The third kappa shape index (κ3) is 7.27. The van der Waals surface area contributed by atoms with E-state index in [0.29, 0.717) is 69.9 Å². The van der Waals surface area contributed by atoms with E-state index in [1.54, 1.807) is 62.5 Å². The molecule has 48 heavy (non-hydrogen) atoms. The Balaban J connectivity index is 1.34. The van der Waals surface area contributed by atoms with Crippen molar-refractivity contribution in [3.05, 3.63) is 74.2 Å². The second-order valence-electron chi connectivity index (χ2n) is 13.3. The second kappa shape index (κ2) is 13.4. The van der Waals surface area contributed by atoms with Crippen LogP contribution in [-0.2, 0) is 16.0 Å². The van der Waals surface area contributed by atoms with Crippen molar-refractivity contribution in [1.29, 1.82) is 0 Å². The van der Waals surface area contributed by atoms with Crippen LogP contribution in [0.3, 0.4) is 0 Å². The first-order chi connectivity index (χ1) is 22.8. The first-order valence-electron chi connectivity index (χ1n) is 15.8. The molecule has 14 heteroatoms. The molecule has 4 aromatic rings. The van der Waals surface area contributed by atoms with Crippen molar-refractivity contribution >= 4 is 51.7 Å². The molecular weight excluding hydrogens is 656 g/mol. The van der Waals surface area contributed by atoms with Crippen molar-refractivity contribution in [2.24, 2.45) is 0 Å². The Morgan fingerprint density at radius 1 is 1.25 bits per heavy atom. The summed E-state index contributed by atoms with van der Waals surface area (Å²) in [5.74, 6) is 0.563. The van der Waals surface area contributed by atoms with Crippen molar-refractivity contribution in [3.8, 4) is 10.6 Å². The smallest absolute Gasteiger partial charge is 0.410 e. The number of piperidine rings is 1. The zero-order valence-electron chi connectivity index (χ0n) is 27.5. The minimum Gasteiger partial charge on any atom is -0.447 e. The molecule has 0 radical (unpaired) electrons. The van der Waals surface area contributed by atoms with Crippen LogP contribution in [0.1, 0.15) is 56.0 Å². The summed E-state index contributed by atoms with van der Waals surface area (Å²) < 4.78 is 12.3. The average Bonchev–Trinajstić information content (AvgIpc) is 3.66. The van der Waals surface area contributed by atoms with Gasteiger partial charge >= 0.3 is 12.2 Å². The number of aryl methyl sites for hydroxylation is 1. The number of ether oxygens (including phenoxy) is 2. The molecule has 2 aromatic carbocycles. The number of fused-ring (bicyclic) bond motifs is 2. The molecule has 12 nitrogen and oxygen atoms in total. The molecule has 2 N–H and O–H groups in total. The number of rotatable bonds is 8. The largest absolute Gasteiger partial charge is 0.447 e. The number of thiazole rings is 1. The van der Waals surface area contributed by atoms with Crippen LogP contribution in [-0.4, -0.2) is 86.1 Å². The monoisotopic (exact) mass is 694 g/mol. The fourth-order valence-corrected chi connectivity index (χ4v) is 7.06. The Morgan fingerprint density at radius 3 is 2.73 bits per heavy atom. The minimum atomic E-state index is -0.990. The van der Waals surface area contributed by atoms with E-state index in [1.807, 2.05) is 24.3 Å². The maximum absolute atomic E-state index is 14.0. The summed E-state index contributed by atoms with van der Waals surface area (Å²) in [5.41, 5.74) is 2.05. The fourth-order valence-electron chi connectivity index (χ4n) is 6.01. The molecule has 3 atom stereocenters. The number of likely N-dealkylation sites (N-methyl/N-ethyl adjacent to an activating group) is 1. The first-order valence-corrected chi connectivity index (χ1v) is 17.0. The van der Waals surface area contributed by atoms with Crippen LogP contribution < -0.4 is 10.9 Å². The number of benzene rings is 2. The van der Waals surface area contributed by atoms with E-state index in [4.69, 9.17) is 26.1 Å². The molecule has 2 amide bonds. The highest BCUT2D eigenvalue weighted by Crippen LogP contribution is 2.37. The Labute approximate surface area is 287 Å². The van der Waals surface area contributed by atoms with Crippen molar-refractivity contribution < 1.29 is 24.2 Å². The van der Waals surface area contributed by atoms with Crippen LogP contribution in [0, 0.1) is 6.92 Å². The molecule has 1 unspecified atom stereocenters. The van der Waals surface area contributed by atoms with Crippen molar-refractivity contribution in [1.82, 2.24) is 24.3 Å². The van der Waals surface area contributed by atoms with Gasteiger partial charge in [-0.25, -0.2) is 19.6 Å². The third-order valence-electron chi connectivity index (χ3n) is 8.48. The van der Waals surface area contributed by atoms with E-state index in [9.17, 15) is 19.5 Å². The lowest BCUT2D eigenvalue weighted by molar-refractivity contribution is 0.0208. The number of aliphatic hydroxyl groups is 1. The normalized spacial score (nSPS) is 18.4. The van der Waals surface area contributed by atoms with Gasteiger partial charge in [-0.15, -0.1) is 11.3 Å². The average molecular weight is 695 g/mol. The lowest BCUT2D eigenvalue weighted by Gasteiger charge is -2.33. The lowest BCUT2D eigenvalue weighted by Crippen LogP contribution is -2.45. The summed E-state index contributed by atoms with van der Waals surface area (Å²) in [6.45, 7) is 8.45. The Morgan fingerprint density at radius 2 is 2.00 bits per heavy atom. The van der Waals surface area contributed by atoms with E-state index in [2.05, 4.69) is 10.3 Å². The van der Waals surface area contributed by atoms with Gasteiger partial charge in [0, 0.05) is 42.1 Å². The van der Waals surface area contributed by atoms with Crippen LogP contribution >= 0.6 is 22.9 Å². The van der Waals surface area contributed by atoms with E-state index in [-0.39, 0.29) is 30.3 Å². The molecule has 2 aromatic heterocycles. The SMILES string of the molecule is Cc1nc2cc(-c3ncc(C(O)CN(C)C(=O)OC(C)(C)C)s3)c(N[C@H]3CCN4C(=O)OC[C@@H]4C3)cc2c(=O)n1Cc1ccc(Cl)cc1. The Hall–Kier alpha value is -4.20. The van der Waals surface area contributed by atoms with Crippen LogP contribution in [0.2, 0.25) is 5.02 Å². The number of aliphatic hydroxyl groups excluding tert-OH is 1. The number of anilines is 1. The molecule has 0 aliphatic carbocycles. The number of hydrogen-bond donors (Lipinski definition) is 2. The van der Waals surface area contributed by atoms with Crippen LogP contribution in [0.25, 0.3) is 21.5 Å². The van der Waals surface area contributed by atoms with Gasteiger partial charge in [0.15, 0.2) is 0 Å². The number of nitrogens with zero attached hydrogens (tertiary/aromatic N) is 5. The number of halogens is 1. The molecule has 254 valence electrons. The van der Waals surface area contributed by atoms with Crippen LogP contribution in [0.4, 0.5) is 15.3 Å². The molecule has 2 aliphatic heterocycles. The number of cyclic esters (lactones) is 1. The van der Waals surface area contributed by atoms with E-state index < -0.39 is 17.8 Å². The summed E-state index contributed by atoms with van der Waals surface area (Å²) in [6, 6.07) is 11.0. The van der Waals surface area contributed by atoms with Gasteiger partial charge in [0.1, 0.15) is 29.1 Å².